The van der Waals surface area contributed by atoms with Crippen molar-refractivity contribution in [1.29, 1.82) is 0 Å². The first-order chi connectivity index (χ1) is 13.9. The lowest BCUT2D eigenvalue weighted by Crippen LogP contribution is -2.48. The van der Waals surface area contributed by atoms with Crippen LogP contribution < -0.4 is 5.32 Å². The smallest absolute Gasteiger partial charge is 0.242 e. The molecule has 0 heterocycles. The van der Waals surface area contributed by atoms with Gasteiger partial charge in [-0.3, -0.25) is 9.59 Å². The fourth-order valence-corrected chi connectivity index (χ4v) is 3.87. The lowest BCUT2D eigenvalue weighted by molar-refractivity contribution is -0.138. The van der Waals surface area contributed by atoms with Crippen molar-refractivity contribution in [1.82, 2.24) is 10.2 Å². The molecule has 0 unspecified atom stereocenters. The SMILES string of the molecule is CCCNC(=O)[C@H](C)N(Cc1cccc(Cl)c1)C(=O)CSCc1ccccc1F. The van der Waals surface area contributed by atoms with Crippen molar-refractivity contribution < 1.29 is 14.0 Å². The molecular weight excluding hydrogens is 411 g/mol. The maximum Gasteiger partial charge on any atom is 0.242 e. The van der Waals surface area contributed by atoms with Crippen LogP contribution in [0.25, 0.3) is 0 Å². The number of carbonyl (C=O) groups is 2. The molecule has 0 saturated carbocycles. The third kappa shape index (κ3) is 7.37. The van der Waals surface area contributed by atoms with Crippen LogP contribution in [0.3, 0.4) is 0 Å². The van der Waals surface area contributed by atoms with Gasteiger partial charge in [-0.15, -0.1) is 11.8 Å². The molecule has 0 spiro atoms. The average molecular weight is 437 g/mol. The van der Waals surface area contributed by atoms with E-state index in [1.165, 1.54) is 17.8 Å². The number of nitrogens with one attached hydrogen (secondary N) is 1. The minimum atomic E-state index is -0.623. The topological polar surface area (TPSA) is 49.4 Å². The summed E-state index contributed by atoms with van der Waals surface area (Å²) < 4.78 is 13.8. The zero-order valence-corrected chi connectivity index (χ0v) is 18.2. The summed E-state index contributed by atoms with van der Waals surface area (Å²) in [6, 6.07) is 13.1. The van der Waals surface area contributed by atoms with Crippen LogP contribution in [0.2, 0.25) is 5.02 Å². The minimum absolute atomic E-state index is 0.153. The van der Waals surface area contributed by atoms with Gasteiger partial charge in [0.25, 0.3) is 0 Å². The van der Waals surface area contributed by atoms with E-state index in [4.69, 9.17) is 11.6 Å². The van der Waals surface area contributed by atoms with Gasteiger partial charge >= 0.3 is 0 Å². The van der Waals surface area contributed by atoms with E-state index in [2.05, 4.69) is 5.32 Å². The number of hydrogen-bond acceptors (Lipinski definition) is 3. The van der Waals surface area contributed by atoms with E-state index in [0.717, 1.165) is 12.0 Å². The number of hydrogen-bond donors (Lipinski definition) is 1. The van der Waals surface area contributed by atoms with Gasteiger partial charge in [0.05, 0.1) is 5.75 Å². The Morgan fingerprint density at radius 3 is 2.66 bits per heavy atom. The van der Waals surface area contributed by atoms with Gasteiger partial charge in [-0.1, -0.05) is 48.9 Å². The highest BCUT2D eigenvalue weighted by Gasteiger charge is 2.25. The van der Waals surface area contributed by atoms with Gasteiger partial charge in [-0.2, -0.15) is 0 Å². The van der Waals surface area contributed by atoms with E-state index >= 15 is 0 Å². The second-order valence-corrected chi connectivity index (χ2v) is 8.12. The molecule has 2 rings (SSSR count). The van der Waals surface area contributed by atoms with Crippen LogP contribution in [0.1, 0.15) is 31.4 Å². The molecule has 1 N–H and O–H groups in total. The Hall–Kier alpha value is -2.05. The number of nitrogens with zero attached hydrogens (tertiary/aromatic N) is 1. The number of benzene rings is 2. The first-order valence-corrected chi connectivity index (χ1v) is 11.1. The third-order valence-corrected chi connectivity index (χ3v) is 5.60. The molecule has 0 bridgehead atoms. The van der Waals surface area contributed by atoms with E-state index in [1.54, 1.807) is 42.2 Å². The van der Waals surface area contributed by atoms with E-state index in [1.807, 2.05) is 19.1 Å². The summed E-state index contributed by atoms with van der Waals surface area (Å²) in [6.07, 6.45) is 0.819. The molecule has 1 atom stereocenters. The Labute approximate surface area is 180 Å². The predicted octanol–water partition coefficient (Wildman–Crippen LogP) is 4.66. The van der Waals surface area contributed by atoms with E-state index < -0.39 is 6.04 Å². The highest BCUT2D eigenvalue weighted by Crippen LogP contribution is 2.19. The van der Waals surface area contributed by atoms with Crippen LogP contribution in [0.5, 0.6) is 0 Å². The van der Waals surface area contributed by atoms with Gasteiger partial charge in [-0.25, -0.2) is 4.39 Å². The van der Waals surface area contributed by atoms with Gasteiger partial charge in [0.15, 0.2) is 0 Å². The van der Waals surface area contributed by atoms with Crippen LogP contribution in [0.4, 0.5) is 4.39 Å². The first-order valence-electron chi connectivity index (χ1n) is 9.55. The first kappa shape index (κ1) is 23.2. The summed E-state index contributed by atoms with van der Waals surface area (Å²) in [5, 5.41) is 3.41. The largest absolute Gasteiger partial charge is 0.354 e. The van der Waals surface area contributed by atoms with Gasteiger partial charge in [0.1, 0.15) is 11.9 Å². The van der Waals surface area contributed by atoms with E-state index in [9.17, 15) is 14.0 Å². The Morgan fingerprint density at radius 1 is 1.21 bits per heavy atom. The fraction of sp³-hybridized carbons (Fsp3) is 0.364. The summed E-state index contributed by atoms with van der Waals surface area (Å²) in [4.78, 5) is 26.9. The van der Waals surface area contributed by atoms with E-state index in [-0.39, 0.29) is 29.9 Å². The monoisotopic (exact) mass is 436 g/mol. The van der Waals surface area contributed by atoms with Gasteiger partial charge in [0.2, 0.25) is 11.8 Å². The zero-order chi connectivity index (χ0) is 21.2. The third-order valence-electron chi connectivity index (χ3n) is 4.40. The highest BCUT2D eigenvalue weighted by atomic mass is 35.5. The average Bonchev–Trinajstić information content (AvgIpc) is 2.71. The molecule has 29 heavy (non-hydrogen) atoms. The molecule has 0 aliphatic rings. The zero-order valence-electron chi connectivity index (χ0n) is 16.7. The van der Waals surface area contributed by atoms with Gasteiger partial charge < -0.3 is 10.2 Å². The molecule has 0 saturated heterocycles. The molecule has 156 valence electrons. The van der Waals surface area contributed by atoms with Crippen LogP contribution >= 0.6 is 23.4 Å². The maximum absolute atomic E-state index is 13.8. The number of carbonyl (C=O) groups excluding carboxylic acids is 2. The Balaban J connectivity index is 2.07. The second kappa shape index (κ2) is 11.8. The molecule has 0 radical (unpaired) electrons. The van der Waals surface area contributed by atoms with Crippen molar-refractivity contribution in [3.63, 3.8) is 0 Å². The van der Waals surface area contributed by atoms with Crippen molar-refractivity contribution in [3.8, 4) is 0 Å². The maximum atomic E-state index is 13.8. The van der Waals surface area contributed by atoms with Crippen LogP contribution in [0, 0.1) is 5.82 Å². The number of halogens is 2. The molecule has 0 aliphatic carbocycles. The summed E-state index contributed by atoms with van der Waals surface area (Å²) in [5.41, 5.74) is 1.40. The number of rotatable bonds is 10. The van der Waals surface area contributed by atoms with Crippen molar-refractivity contribution in [2.24, 2.45) is 0 Å². The van der Waals surface area contributed by atoms with Crippen LogP contribution in [-0.2, 0) is 21.9 Å². The Morgan fingerprint density at radius 2 is 1.97 bits per heavy atom. The summed E-state index contributed by atoms with van der Waals surface area (Å²) >= 11 is 7.39. The molecule has 0 aromatic heterocycles. The normalized spacial score (nSPS) is 11.7. The fourth-order valence-electron chi connectivity index (χ4n) is 2.76. The minimum Gasteiger partial charge on any atom is -0.354 e. The quantitative estimate of drug-likeness (QED) is 0.589. The van der Waals surface area contributed by atoms with Gasteiger partial charge in [0, 0.05) is 23.9 Å². The molecule has 2 amide bonds. The molecule has 7 heteroatoms. The molecule has 2 aromatic rings. The molecule has 0 fully saturated rings. The lowest BCUT2D eigenvalue weighted by Gasteiger charge is -2.28. The number of amides is 2. The Bertz CT molecular complexity index is 834. The molecule has 4 nitrogen and oxygen atoms in total. The summed E-state index contributed by atoms with van der Waals surface area (Å²) in [5.74, 6) is -0.109. The van der Waals surface area contributed by atoms with Crippen molar-refractivity contribution >= 4 is 35.2 Å². The predicted molar refractivity (Wildman–Crippen MR) is 117 cm³/mol. The summed E-state index contributed by atoms with van der Waals surface area (Å²) in [6.45, 7) is 4.53. The summed E-state index contributed by atoms with van der Waals surface area (Å²) in [7, 11) is 0. The second-order valence-electron chi connectivity index (χ2n) is 6.70. The highest BCUT2D eigenvalue weighted by molar-refractivity contribution is 7.99. The standard InChI is InChI=1S/C22H26ClFN2O2S/c1-3-11-25-22(28)16(2)26(13-17-7-6-9-19(23)12-17)21(27)15-29-14-18-8-4-5-10-20(18)24/h4-10,12,16H,3,11,13-15H2,1-2H3,(H,25,28)/t16-/m0/s1. The van der Waals surface area contributed by atoms with Gasteiger partial charge in [-0.05, 0) is 42.7 Å². The molecule has 0 aliphatic heterocycles. The van der Waals surface area contributed by atoms with Crippen molar-refractivity contribution in [2.45, 2.75) is 38.6 Å². The lowest BCUT2D eigenvalue weighted by atomic mass is 10.1. The van der Waals surface area contributed by atoms with Crippen LogP contribution in [-0.4, -0.2) is 35.1 Å². The van der Waals surface area contributed by atoms with Crippen LogP contribution in [0.15, 0.2) is 48.5 Å². The molecule has 2 aromatic carbocycles. The molecular formula is C22H26ClFN2O2S. The Kier molecular flexibility index (Phi) is 9.48. The van der Waals surface area contributed by atoms with Crippen molar-refractivity contribution in [3.05, 3.63) is 70.5 Å². The van der Waals surface area contributed by atoms with Crippen molar-refractivity contribution in [2.75, 3.05) is 12.3 Å². The van der Waals surface area contributed by atoms with E-state index in [0.29, 0.717) is 22.9 Å². The number of thioether (sulfide) groups is 1.